The molecule has 2 heterocycles. The van der Waals surface area contributed by atoms with Gasteiger partial charge in [0.25, 0.3) is 10.0 Å². The number of benzene rings is 2. The van der Waals surface area contributed by atoms with Crippen LogP contribution in [0.2, 0.25) is 0 Å². The monoisotopic (exact) mass is 416 g/mol. The van der Waals surface area contributed by atoms with Crippen LogP contribution in [0.25, 0.3) is 11.3 Å². The summed E-state index contributed by atoms with van der Waals surface area (Å²) in [7, 11) is -4.09. The Kier molecular flexibility index (Phi) is 4.80. The average molecular weight is 416 g/mol. The molecule has 4 rings (SSSR count). The van der Waals surface area contributed by atoms with Gasteiger partial charge in [0.15, 0.2) is 16.0 Å². The molecule has 2 aromatic heterocycles. The van der Waals surface area contributed by atoms with Crippen molar-refractivity contribution in [2.24, 2.45) is 0 Å². The summed E-state index contributed by atoms with van der Waals surface area (Å²) >= 11 is 0.596. The molecule has 2 N–H and O–H groups in total. The lowest BCUT2D eigenvalue weighted by molar-refractivity contribution is 0.469. The second-order valence-corrected chi connectivity index (χ2v) is 8.22. The van der Waals surface area contributed by atoms with Gasteiger partial charge in [-0.25, -0.2) is 13.4 Å². The van der Waals surface area contributed by atoms with Gasteiger partial charge < -0.3 is 4.74 Å². The predicted octanol–water partition coefficient (Wildman–Crippen LogP) is 4.27. The van der Waals surface area contributed by atoms with Crippen molar-refractivity contribution in [3.8, 4) is 22.8 Å². The molecule has 0 aliphatic heterocycles. The normalized spacial score (nSPS) is 11.3. The van der Waals surface area contributed by atoms with Crippen LogP contribution < -0.4 is 9.46 Å². The maximum absolute atomic E-state index is 13.2. The van der Waals surface area contributed by atoms with Crippen LogP contribution in [0, 0.1) is 5.13 Å². The number of H-pyrrole nitrogens is 1. The van der Waals surface area contributed by atoms with Crippen LogP contribution in [-0.4, -0.2) is 23.6 Å². The molecule has 4 aromatic rings. The molecule has 0 unspecified atom stereocenters. The Bertz CT molecular complexity index is 1190. The van der Waals surface area contributed by atoms with Crippen molar-refractivity contribution in [3.63, 3.8) is 0 Å². The van der Waals surface area contributed by atoms with Gasteiger partial charge in [-0.1, -0.05) is 35.6 Å². The largest absolute Gasteiger partial charge is 0.455 e. The van der Waals surface area contributed by atoms with Crippen molar-refractivity contribution in [1.82, 2.24) is 15.2 Å². The molecule has 0 saturated heterocycles. The lowest BCUT2D eigenvalue weighted by Gasteiger charge is -2.15. The number of ether oxygens (including phenoxy) is 1. The Morgan fingerprint density at radius 2 is 1.89 bits per heavy atom. The van der Waals surface area contributed by atoms with Crippen LogP contribution in [0.1, 0.15) is 0 Å². The number of hydrogen-bond donors (Lipinski definition) is 2. The van der Waals surface area contributed by atoms with E-state index in [2.05, 4.69) is 19.9 Å². The molecule has 10 heteroatoms. The third kappa shape index (κ3) is 3.73. The maximum atomic E-state index is 13.2. The topological polar surface area (TPSA) is 97.0 Å². The van der Waals surface area contributed by atoms with Crippen molar-refractivity contribution in [2.45, 2.75) is 4.90 Å². The van der Waals surface area contributed by atoms with Gasteiger partial charge in [-0.2, -0.15) is 9.49 Å². The van der Waals surface area contributed by atoms with Crippen LogP contribution in [0.5, 0.6) is 11.5 Å². The van der Waals surface area contributed by atoms with Crippen molar-refractivity contribution in [3.05, 3.63) is 72.1 Å². The highest BCUT2D eigenvalue weighted by molar-refractivity contribution is 7.93. The Balaban J connectivity index is 1.83. The first-order chi connectivity index (χ1) is 13.5. The Labute approximate surface area is 163 Å². The van der Waals surface area contributed by atoms with E-state index < -0.39 is 15.2 Å². The molecule has 0 aliphatic rings. The summed E-state index contributed by atoms with van der Waals surface area (Å²) in [5.74, 6) is 0.577. The van der Waals surface area contributed by atoms with Gasteiger partial charge in [0, 0.05) is 11.8 Å². The third-order valence-electron chi connectivity index (χ3n) is 3.72. The average Bonchev–Trinajstić information content (AvgIpc) is 3.34. The molecular weight excluding hydrogens is 403 g/mol. The van der Waals surface area contributed by atoms with E-state index in [1.54, 1.807) is 48.7 Å². The minimum Gasteiger partial charge on any atom is -0.455 e. The second-order valence-electron chi connectivity index (χ2n) is 5.59. The minimum atomic E-state index is -4.09. The molecule has 0 aliphatic carbocycles. The molecule has 2 aromatic carbocycles. The molecule has 0 bridgehead atoms. The van der Waals surface area contributed by atoms with Gasteiger partial charge >= 0.3 is 0 Å². The fraction of sp³-hybridized carbons (Fsp3) is 0. The first-order valence-corrected chi connectivity index (χ1v) is 10.3. The number of nitrogens with zero attached hydrogens (tertiary/aromatic N) is 2. The zero-order valence-electron chi connectivity index (χ0n) is 14.2. The van der Waals surface area contributed by atoms with E-state index in [9.17, 15) is 12.8 Å². The van der Waals surface area contributed by atoms with Gasteiger partial charge in [-0.3, -0.25) is 9.82 Å². The number of nitrogens with one attached hydrogen (secondary N) is 2. The number of anilines is 1. The standard InChI is InChI=1S/C18H13FN4O3S2/c19-16-11-20-18(27-16)23-28(24,25)15-8-4-7-13(14-9-10-21-22-14)17(15)26-12-5-2-1-3-6-12/h1-11H,(H,20,23)(H,21,22). The number of thiazole rings is 1. The van der Waals surface area contributed by atoms with E-state index in [0.717, 1.165) is 6.20 Å². The molecule has 0 spiro atoms. The number of rotatable bonds is 6. The van der Waals surface area contributed by atoms with Crippen LogP contribution in [0.15, 0.2) is 71.9 Å². The summed E-state index contributed by atoms with van der Waals surface area (Å²) in [4.78, 5) is 3.60. The fourth-order valence-corrected chi connectivity index (χ4v) is 4.47. The van der Waals surface area contributed by atoms with E-state index >= 15 is 0 Å². The first-order valence-electron chi connectivity index (χ1n) is 8.03. The number of aromatic nitrogens is 3. The van der Waals surface area contributed by atoms with E-state index in [1.165, 1.54) is 6.07 Å². The Hall–Kier alpha value is -3.24. The lowest BCUT2D eigenvalue weighted by atomic mass is 10.1. The van der Waals surface area contributed by atoms with Gasteiger partial charge in [0.2, 0.25) is 0 Å². The first kappa shape index (κ1) is 18.1. The van der Waals surface area contributed by atoms with Crippen molar-refractivity contribution in [1.29, 1.82) is 0 Å². The van der Waals surface area contributed by atoms with E-state index in [4.69, 9.17) is 4.74 Å². The molecule has 0 fully saturated rings. The fourth-order valence-electron chi connectivity index (χ4n) is 2.53. The number of halogens is 1. The third-order valence-corrected chi connectivity index (χ3v) is 5.91. The molecule has 0 atom stereocenters. The molecule has 142 valence electrons. The molecule has 0 amide bonds. The number of sulfonamides is 1. The summed E-state index contributed by atoms with van der Waals surface area (Å²) in [5, 5.41) is 6.05. The zero-order chi connectivity index (χ0) is 19.6. The van der Waals surface area contributed by atoms with Crippen molar-refractivity contribution >= 4 is 26.5 Å². The molecule has 7 nitrogen and oxygen atoms in total. The molecule has 0 radical (unpaired) electrons. The van der Waals surface area contributed by atoms with Crippen LogP contribution in [0.4, 0.5) is 9.52 Å². The lowest BCUT2D eigenvalue weighted by Crippen LogP contribution is -2.14. The number of hydrogen-bond acceptors (Lipinski definition) is 6. The second kappa shape index (κ2) is 7.41. The van der Waals surface area contributed by atoms with Gasteiger partial charge in [0.1, 0.15) is 10.6 Å². The SMILES string of the molecule is O=S(=O)(Nc1ncc(F)s1)c1cccc(-c2ccn[nH]2)c1Oc1ccccc1. The van der Waals surface area contributed by atoms with Crippen molar-refractivity contribution < 1.29 is 17.5 Å². The summed E-state index contributed by atoms with van der Waals surface area (Å²) in [6.45, 7) is 0. The van der Waals surface area contributed by atoms with Crippen LogP contribution in [-0.2, 0) is 10.0 Å². The maximum Gasteiger partial charge on any atom is 0.267 e. The summed E-state index contributed by atoms with van der Waals surface area (Å²) < 4.78 is 47.4. The van der Waals surface area contributed by atoms with Crippen LogP contribution in [0.3, 0.4) is 0 Å². The quantitative estimate of drug-likeness (QED) is 0.489. The van der Waals surface area contributed by atoms with Gasteiger partial charge in [-0.15, -0.1) is 0 Å². The van der Waals surface area contributed by atoms with Crippen LogP contribution >= 0.6 is 11.3 Å². The predicted molar refractivity (Wildman–Crippen MR) is 103 cm³/mol. The highest BCUT2D eigenvalue weighted by Gasteiger charge is 2.25. The number of para-hydroxylation sites is 2. The Morgan fingerprint density at radius 1 is 1.07 bits per heavy atom. The Morgan fingerprint density at radius 3 is 2.57 bits per heavy atom. The summed E-state index contributed by atoms with van der Waals surface area (Å²) in [5.41, 5.74) is 1.10. The molecule has 28 heavy (non-hydrogen) atoms. The molecule has 0 saturated carbocycles. The van der Waals surface area contributed by atoms with Crippen molar-refractivity contribution in [2.75, 3.05) is 4.72 Å². The van der Waals surface area contributed by atoms with E-state index in [0.29, 0.717) is 28.3 Å². The van der Waals surface area contributed by atoms with E-state index in [1.807, 2.05) is 6.07 Å². The molecular formula is C18H13FN4O3S2. The highest BCUT2D eigenvalue weighted by atomic mass is 32.2. The highest BCUT2D eigenvalue weighted by Crippen LogP contribution is 2.38. The number of aromatic amines is 1. The van der Waals surface area contributed by atoms with Gasteiger partial charge in [-0.05, 0) is 30.3 Å². The summed E-state index contributed by atoms with van der Waals surface area (Å²) in [6.07, 6.45) is 2.50. The minimum absolute atomic E-state index is 0.0740. The zero-order valence-corrected chi connectivity index (χ0v) is 15.8. The van der Waals surface area contributed by atoms with E-state index in [-0.39, 0.29) is 15.8 Å². The summed E-state index contributed by atoms with van der Waals surface area (Å²) in [6, 6.07) is 15.2. The smallest absolute Gasteiger partial charge is 0.267 e. The van der Waals surface area contributed by atoms with Gasteiger partial charge in [0.05, 0.1) is 11.9 Å².